The molecular formula is C14H16F3NO3. The Balaban J connectivity index is 2.31. The van der Waals surface area contributed by atoms with Crippen LogP contribution in [0.25, 0.3) is 0 Å². The van der Waals surface area contributed by atoms with E-state index in [2.05, 4.69) is 5.32 Å². The van der Waals surface area contributed by atoms with Crippen LogP contribution in [0.1, 0.15) is 25.3 Å². The predicted molar refractivity (Wildman–Crippen MR) is 69.5 cm³/mol. The molecule has 1 amide bonds. The van der Waals surface area contributed by atoms with Crippen molar-refractivity contribution in [3.63, 3.8) is 0 Å². The standard InChI is InChI=1S/C14H16F3NO3/c1-10(12(19)7-8-14(15,16)17)18-13(20)21-9-11-5-3-2-4-6-11/h2-6,10H,7-9H2,1H3,(H,18,20). The fourth-order valence-corrected chi connectivity index (χ4v) is 1.50. The number of ketones is 1. The Morgan fingerprint density at radius 1 is 1.24 bits per heavy atom. The number of carbonyl (C=O) groups is 2. The second-order valence-electron chi connectivity index (χ2n) is 4.51. The number of Topliss-reactive ketones (excluding diaryl/α,β-unsaturated/α-hetero) is 1. The predicted octanol–water partition coefficient (Wildman–Crippen LogP) is 3.21. The Kier molecular flexibility index (Phi) is 6.20. The van der Waals surface area contributed by atoms with Gasteiger partial charge in [-0.3, -0.25) is 4.79 Å². The summed E-state index contributed by atoms with van der Waals surface area (Å²) >= 11 is 0. The van der Waals surface area contributed by atoms with Gasteiger partial charge in [-0.2, -0.15) is 13.2 Å². The van der Waals surface area contributed by atoms with Crippen LogP contribution in [-0.4, -0.2) is 24.1 Å². The molecule has 0 saturated heterocycles. The molecule has 0 aliphatic heterocycles. The Bertz CT molecular complexity index is 474. The Hall–Kier alpha value is -2.05. The average Bonchev–Trinajstić information content (AvgIpc) is 2.42. The number of benzene rings is 1. The van der Waals surface area contributed by atoms with Gasteiger partial charge in [0.05, 0.1) is 12.5 Å². The maximum atomic E-state index is 12.0. The molecule has 0 spiro atoms. The van der Waals surface area contributed by atoms with Crippen LogP contribution in [-0.2, 0) is 16.1 Å². The van der Waals surface area contributed by atoms with E-state index in [-0.39, 0.29) is 6.61 Å². The summed E-state index contributed by atoms with van der Waals surface area (Å²) in [5.74, 6) is -0.691. The zero-order valence-electron chi connectivity index (χ0n) is 11.4. The van der Waals surface area contributed by atoms with Gasteiger partial charge in [0, 0.05) is 6.42 Å². The maximum Gasteiger partial charge on any atom is 0.408 e. The molecule has 1 atom stereocenters. The summed E-state index contributed by atoms with van der Waals surface area (Å²) in [5.41, 5.74) is 0.767. The summed E-state index contributed by atoms with van der Waals surface area (Å²) < 4.78 is 40.8. The minimum Gasteiger partial charge on any atom is -0.445 e. The van der Waals surface area contributed by atoms with Crippen LogP contribution in [0.15, 0.2) is 30.3 Å². The molecule has 1 rings (SSSR count). The molecule has 1 unspecified atom stereocenters. The highest BCUT2D eigenvalue weighted by molar-refractivity contribution is 5.86. The van der Waals surface area contributed by atoms with Crippen LogP contribution < -0.4 is 5.32 Å². The lowest BCUT2D eigenvalue weighted by molar-refractivity contribution is -0.143. The Morgan fingerprint density at radius 2 is 1.86 bits per heavy atom. The van der Waals surface area contributed by atoms with E-state index in [1.54, 1.807) is 24.3 Å². The van der Waals surface area contributed by atoms with Gasteiger partial charge in [-0.15, -0.1) is 0 Å². The number of hydrogen-bond acceptors (Lipinski definition) is 3. The van der Waals surface area contributed by atoms with Crippen molar-refractivity contribution in [2.24, 2.45) is 0 Å². The lowest BCUT2D eigenvalue weighted by atomic mass is 10.1. The van der Waals surface area contributed by atoms with Gasteiger partial charge in [0.1, 0.15) is 6.61 Å². The molecule has 0 aliphatic rings. The molecule has 4 nitrogen and oxygen atoms in total. The molecule has 1 aromatic carbocycles. The molecule has 1 aromatic rings. The van der Waals surface area contributed by atoms with Gasteiger partial charge < -0.3 is 10.1 Å². The largest absolute Gasteiger partial charge is 0.445 e. The van der Waals surface area contributed by atoms with E-state index >= 15 is 0 Å². The van der Waals surface area contributed by atoms with Gasteiger partial charge in [-0.1, -0.05) is 30.3 Å². The molecule has 0 heterocycles. The number of halogens is 3. The van der Waals surface area contributed by atoms with Crippen molar-refractivity contribution < 1.29 is 27.5 Å². The number of carbonyl (C=O) groups excluding carboxylic acids is 2. The van der Waals surface area contributed by atoms with E-state index in [4.69, 9.17) is 4.74 Å². The van der Waals surface area contributed by atoms with E-state index in [9.17, 15) is 22.8 Å². The van der Waals surface area contributed by atoms with Gasteiger partial charge in [0.2, 0.25) is 0 Å². The second kappa shape index (κ2) is 7.66. The van der Waals surface area contributed by atoms with Crippen molar-refractivity contribution in [3.05, 3.63) is 35.9 Å². The minimum absolute atomic E-state index is 0.0239. The average molecular weight is 303 g/mol. The van der Waals surface area contributed by atoms with Crippen LogP contribution in [0.4, 0.5) is 18.0 Å². The Labute approximate surface area is 120 Å². The number of amides is 1. The van der Waals surface area contributed by atoms with Crippen molar-refractivity contribution in [1.29, 1.82) is 0 Å². The van der Waals surface area contributed by atoms with Crippen LogP contribution in [0.3, 0.4) is 0 Å². The van der Waals surface area contributed by atoms with Gasteiger partial charge in [0.25, 0.3) is 0 Å². The number of hydrogen-bond donors (Lipinski definition) is 1. The fourth-order valence-electron chi connectivity index (χ4n) is 1.50. The Morgan fingerprint density at radius 3 is 2.43 bits per heavy atom. The van der Waals surface area contributed by atoms with Crippen molar-refractivity contribution >= 4 is 11.9 Å². The summed E-state index contributed by atoms with van der Waals surface area (Å²) in [5, 5.41) is 2.21. The first-order chi connectivity index (χ1) is 9.78. The molecule has 116 valence electrons. The zero-order chi connectivity index (χ0) is 15.9. The van der Waals surface area contributed by atoms with Crippen LogP contribution in [0.2, 0.25) is 0 Å². The van der Waals surface area contributed by atoms with Crippen LogP contribution >= 0.6 is 0 Å². The molecule has 0 radical (unpaired) electrons. The number of ether oxygens (including phenoxy) is 1. The highest BCUT2D eigenvalue weighted by atomic mass is 19.4. The molecule has 0 fully saturated rings. The van der Waals surface area contributed by atoms with E-state index in [0.717, 1.165) is 5.56 Å². The fraction of sp³-hybridized carbons (Fsp3) is 0.429. The van der Waals surface area contributed by atoms with E-state index in [1.807, 2.05) is 6.07 Å². The maximum absolute atomic E-state index is 12.0. The molecule has 1 N–H and O–H groups in total. The topological polar surface area (TPSA) is 55.4 Å². The molecule has 0 bridgehead atoms. The first-order valence-electron chi connectivity index (χ1n) is 6.34. The number of rotatable bonds is 6. The molecule has 0 aliphatic carbocycles. The van der Waals surface area contributed by atoms with Gasteiger partial charge in [-0.05, 0) is 12.5 Å². The van der Waals surface area contributed by atoms with E-state index in [0.29, 0.717) is 0 Å². The lowest BCUT2D eigenvalue weighted by Gasteiger charge is -2.13. The highest BCUT2D eigenvalue weighted by Gasteiger charge is 2.29. The van der Waals surface area contributed by atoms with Crippen molar-refractivity contribution in [1.82, 2.24) is 5.32 Å². The van der Waals surface area contributed by atoms with E-state index < -0.39 is 36.9 Å². The third-order valence-corrected chi connectivity index (χ3v) is 2.68. The summed E-state index contributed by atoms with van der Waals surface area (Å²) in [6, 6.07) is 7.86. The van der Waals surface area contributed by atoms with Crippen molar-refractivity contribution in [3.8, 4) is 0 Å². The molecule has 0 aromatic heterocycles. The second-order valence-corrected chi connectivity index (χ2v) is 4.51. The highest BCUT2D eigenvalue weighted by Crippen LogP contribution is 2.21. The SMILES string of the molecule is CC(NC(=O)OCc1ccccc1)C(=O)CCC(F)(F)F. The van der Waals surface area contributed by atoms with Crippen LogP contribution in [0.5, 0.6) is 0 Å². The quantitative estimate of drug-likeness (QED) is 0.878. The smallest absolute Gasteiger partial charge is 0.408 e. The number of alkyl halides is 3. The molecule has 0 saturated carbocycles. The minimum atomic E-state index is -4.39. The summed E-state index contributed by atoms with van der Waals surface area (Å²) in [6.07, 6.45) is -7.09. The number of nitrogens with one attached hydrogen (secondary N) is 1. The van der Waals surface area contributed by atoms with Crippen molar-refractivity contribution in [2.45, 2.75) is 38.6 Å². The molecule has 21 heavy (non-hydrogen) atoms. The van der Waals surface area contributed by atoms with Crippen LogP contribution in [0, 0.1) is 0 Å². The zero-order valence-corrected chi connectivity index (χ0v) is 11.4. The third kappa shape index (κ3) is 7.34. The summed E-state index contributed by atoms with van der Waals surface area (Å²) in [7, 11) is 0. The molecule has 7 heteroatoms. The molecular weight excluding hydrogens is 287 g/mol. The lowest BCUT2D eigenvalue weighted by Crippen LogP contribution is -2.39. The normalized spacial score (nSPS) is 12.6. The number of alkyl carbamates (subject to hydrolysis) is 1. The van der Waals surface area contributed by atoms with Gasteiger partial charge >= 0.3 is 12.3 Å². The van der Waals surface area contributed by atoms with E-state index in [1.165, 1.54) is 6.92 Å². The first-order valence-corrected chi connectivity index (χ1v) is 6.34. The monoisotopic (exact) mass is 303 g/mol. The van der Waals surface area contributed by atoms with Crippen molar-refractivity contribution in [2.75, 3.05) is 0 Å². The summed E-state index contributed by atoms with van der Waals surface area (Å²) in [6.45, 7) is 1.35. The summed E-state index contributed by atoms with van der Waals surface area (Å²) in [4.78, 5) is 22.9. The first kappa shape index (κ1) is 17.0. The van der Waals surface area contributed by atoms with Gasteiger partial charge in [-0.25, -0.2) is 4.79 Å². The van der Waals surface area contributed by atoms with Gasteiger partial charge in [0.15, 0.2) is 5.78 Å². The third-order valence-electron chi connectivity index (χ3n) is 2.68.